The Bertz CT molecular complexity index is 68.5. The first-order chi connectivity index (χ1) is 3.97. The van der Waals surface area contributed by atoms with Crippen LogP contribution in [0, 0.1) is 42.9 Å². The zero-order chi connectivity index (χ0) is 7.91. The molecule has 0 aromatic heterocycles. The summed E-state index contributed by atoms with van der Waals surface area (Å²) >= 11 is -0.410. The van der Waals surface area contributed by atoms with Gasteiger partial charge in [0.05, 0.1) is 0 Å². The van der Waals surface area contributed by atoms with E-state index in [4.69, 9.17) is 3.56 Å². The van der Waals surface area contributed by atoms with Gasteiger partial charge in [-0.1, -0.05) is 20.8 Å². The molecule has 0 atom stereocenters. The van der Waals surface area contributed by atoms with Gasteiger partial charge >= 0.3 is 31.1 Å². The van der Waals surface area contributed by atoms with Crippen molar-refractivity contribution in [2.45, 2.75) is 27.7 Å². The molecule has 0 aliphatic carbocycles. The van der Waals surface area contributed by atoms with E-state index in [0.29, 0.717) is 5.41 Å². The molecule has 0 bridgehead atoms. The smallest absolute Gasteiger partial charge is 0.775 e. The Morgan fingerprint density at radius 3 is 1.40 bits per heavy atom. The Hall–Kier alpha value is 1.58. The molecule has 3 heteroatoms. The molecule has 0 aliphatic rings. The van der Waals surface area contributed by atoms with Crippen molar-refractivity contribution >= 4 is 21.0 Å². The first-order valence-corrected chi connectivity index (χ1v) is 6.04. The number of nitrogens with zero attached hydrogens (tertiary/aromatic N) is 1. The van der Waals surface area contributed by atoms with Gasteiger partial charge in [0.25, 0.3) is 0 Å². The minimum absolute atomic E-state index is 0. The summed E-state index contributed by atoms with van der Waals surface area (Å²) in [4.78, 5) is 1.79. The fourth-order valence-corrected chi connectivity index (χ4v) is 0. The predicted octanol–water partition coefficient (Wildman–Crippen LogP) is 3.60. The molecule has 0 spiro atoms. The Balaban J connectivity index is -0.000000107. The molecule has 1 nitrogen and oxygen atoms in total. The van der Waals surface area contributed by atoms with Gasteiger partial charge in [0.15, 0.2) is 0 Å². The molecule has 10 heavy (non-hydrogen) atoms. The Morgan fingerprint density at radius 2 is 1.40 bits per heavy atom. The Kier molecular flexibility index (Phi) is 18.6. The summed E-state index contributed by atoms with van der Waals surface area (Å²) in [5.41, 5.74) is 0.417. The summed E-state index contributed by atoms with van der Waals surface area (Å²) in [5, 5.41) is 0. The van der Waals surface area contributed by atoms with E-state index in [2.05, 4.69) is 34.1 Å². The monoisotopic (exact) mass is 479 g/mol. The maximum absolute atomic E-state index is 7.68. The van der Waals surface area contributed by atoms with Crippen molar-refractivity contribution in [3.05, 3.63) is 9.98 Å². The summed E-state index contributed by atoms with van der Waals surface area (Å²) in [7, 11) is 0. The summed E-state index contributed by atoms with van der Waals surface area (Å²) in [5.74, 6) is 0. The second kappa shape index (κ2) is 10.6. The molecule has 0 amide bonds. The van der Waals surface area contributed by atoms with Crippen LogP contribution >= 0.6 is 21.0 Å². The van der Waals surface area contributed by atoms with E-state index in [-0.39, 0.29) is 31.1 Å². The second-order valence-electron chi connectivity index (χ2n) is 2.82. The van der Waals surface area contributed by atoms with Crippen LogP contribution in [0.3, 0.4) is 0 Å². The molecule has 0 saturated carbocycles. The molecule has 60 valence electrons. The van der Waals surface area contributed by atoms with Crippen LogP contribution in [0.1, 0.15) is 27.7 Å². The third-order valence-corrected chi connectivity index (χ3v) is 0.866. The summed E-state index contributed by atoms with van der Waals surface area (Å²) in [6, 6.07) is 0. The van der Waals surface area contributed by atoms with E-state index in [1.807, 2.05) is 0 Å². The molecule has 0 heterocycles. The number of halogens is 1. The number of alkyl halides is 1. The maximum Gasteiger partial charge on any atom is 2.00 e. The average Bonchev–Trinajstić information content (AvgIpc) is 1.67. The standard InChI is InChI=1S/C6H13.CH3IN.U/c1-5-6(2,3)4;1-2-3;/h5H,1-4H3;1H3;/q2*-1;+2. The van der Waals surface area contributed by atoms with Crippen molar-refractivity contribution in [3.8, 4) is 0 Å². The molecular weight excluding hydrogens is 463 g/mol. The Labute approximate surface area is 99.1 Å². The predicted molar refractivity (Wildman–Crippen MR) is 52.7 cm³/mol. The van der Waals surface area contributed by atoms with Gasteiger partial charge in [-0.25, -0.2) is 0 Å². The van der Waals surface area contributed by atoms with Crippen molar-refractivity contribution in [1.29, 1.82) is 0 Å². The van der Waals surface area contributed by atoms with Crippen molar-refractivity contribution in [2.24, 2.45) is 5.41 Å². The van der Waals surface area contributed by atoms with Crippen LogP contribution in [0.4, 0.5) is 0 Å². The van der Waals surface area contributed by atoms with Crippen molar-refractivity contribution in [1.82, 2.24) is 0 Å². The zero-order valence-electron chi connectivity index (χ0n) is 7.40. The van der Waals surface area contributed by atoms with E-state index in [0.717, 1.165) is 0 Å². The van der Waals surface area contributed by atoms with Gasteiger partial charge in [-0.3, -0.25) is 21.0 Å². The molecule has 0 radical (unpaired) electrons. The van der Waals surface area contributed by atoms with Crippen LogP contribution in [0.15, 0.2) is 0 Å². The molecule has 0 saturated heterocycles. The zero-order valence-corrected chi connectivity index (χ0v) is 13.7. The molecule has 0 fully saturated rings. The normalized spacial score (nSPS) is 8.90. The second-order valence-corrected chi connectivity index (χ2v) is 3.79. The minimum atomic E-state index is -0.410. The number of hydrogen-bond acceptors (Lipinski definition) is 0. The van der Waals surface area contributed by atoms with Gasteiger partial charge in [0, 0.05) is 0 Å². The van der Waals surface area contributed by atoms with Gasteiger partial charge in [0.2, 0.25) is 0 Å². The first-order valence-electron chi connectivity index (χ1n) is 2.91. The topological polar surface area (TPSA) is 22.3 Å². The number of rotatable bonds is 0. The maximum atomic E-state index is 7.68. The van der Waals surface area contributed by atoms with Gasteiger partial charge in [-0.2, -0.15) is 12.3 Å². The first kappa shape index (κ1) is 17.6. The largest absolute Gasteiger partial charge is 2.00 e. The van der Waals surface area contributed by atoms with E-state index < -0.39 is 21.0 Å². The molecule has 0 aromatic carbocycles. The molecule has 0 aliphatic heterocycles. The molecule has 0 rings (SSSR count). The van der Waals surface area contributed by atoms with Gasteiger partial charge in [-0.05, 0) is 4.93 Å². The summed E-state index contributed by atoms with van der Waals surface area (Å²) in [6.07, 6.45) is 2.19. The van der Waals surface area contributed by atoms with Gasteiger partial charge in [0.1, 0.15) is 0 Å². The third-order valence-electron chi connectivity index (χ3n) is 0.866. The van der Waals surface area contributed by atoms with Crippen LogP contribution in [0.2, 0.25) is 0 Å². The van der Waals surface area contributed by atoms with E-state index in [1.165, 1.54) is 0 Å². The summed E-state index contributed by atoms with van der Waals surface area (Å²) in [6.45, 7) is 8.65. The molecule has 0 N–H and O–H groups in total. The fraction of sp³-hybridized carbons (Fsp3) is 0.857. The molecular formula is C7H16INU. The summed E-state index contributed by atoms with van der Waals surface area (Å²) < 4.78 is 7.68. The van der Waals surface area contributed by atoms with E-state index in [1.54, 1.807) is 4.93 Å². The number of hydrogen-bond donors (Lipinski definition) is 0. The van der Waals surface area contributed by atoms with E-state index in [9.17, 15) is 0 Å². The van der Waals surface area contributed by atoms with Gasteiger partial charge < -0.3 is 9.98 Å². The van der Waals surface area contributed by atoms with Crippen LogP contribution in [-0.2, 0) is 0 Å². The fourth-order valence-electron chi connectivity index (χ4n) is 0. The Morgan fingerprint density at radius 1 is 1.30 bits per heavy atom. The van der Waals surface area contributed by atoms with Crippen molar-refractivity contribution in [3.63, 3.8) is 0 Å². The minimum Gasteiger partial charge on any atom is -0.775 e. The van der Waals surface area contributed by atoms with Gasteiger partial charge in [-0.15, -0.1) is 0 Å². The average molecular weight is 479 g/mol. The SMILES string of the molecule is CI=[N-].C[CH-]C(C)(C)C.[U+2]. The third kappa shape index (κ3) is 33.6. The molecule has 0 aromatic rings. The van der Waals surface area contributed by atoms with Crippen molar-refractivity contribution in [2.75, 3.05) is 4.93 Å². The molecule has 0 unspecified atom stereocenters. The van der Waals surface area contributed by atoms with Crippen molar-refractivity contribution < 1.29 is 31.1 Å². The van der Waals surface area contributed by atoms with Crippen LogP contribution in [0.25, 0.3) is 3.56 Å². The quantitative estimate of drug-likeness (QED) is 0.288. The van der Waals surface area contributed by atoms with Crippen LogP contribution in [0.5, 0.6) is 0 Å². The van der Waals surface area contributed by atoms with E-state index >= 15 is 0 Å². The van der Waals surface area contributed by atoms with Crippen LogP contribution < -0.4 is 0 Å². The van der Waals surface area contributed by atoms with Crippen LogP contribution in [-0.4, -0.2) is 4.93 Å².